The minimum atomic E-state index is 0.470. The molecule has 0 atom stereocenters. The smallest absolute Gasteiger partial charge is 0.180 e. The van der Waals surface area contributed by atoms with Crippen molar-refractivity contribution in [3.63, 3.8) is 0 Å². The highest BCUT2D eigenvalue weighted by Gasteiger charge is 2.10. The number of nitrogens with zero attached hydrogens (tertiary/aromatic N) is 3. The van der Waals surface area contributed by atoms with Gasteiger partial charge in [-0.1, -0.05) is 29.5 Å². The number of benzene rings is 1. The van der Waals surface area contributed by atoms with Gasteiger partial charge < -0.3 is 5.73 Å². The maximum Gasteiger partial charge on any atom is 0.180 e. The first-order valence-corrected chi connectivity index (χ1v) is 7.46. The Bertz CT molecular complexity index is 723. The van der Waals surface area contributed by atoms with E-state index < -0.39 is 0 Å². The molecule has 2 heterocycles. The number of aromatic nitrogens is 3. The molecule has 0 saturated heterocycles. The summed E-state index contributed by atoms with van der Waals surface area (Å²) in [5.41, 5.74) is 7.83. The fraction of sp³-hybridized carbons (Fsp3) is 0.154. The Kier molecular flexibility index (Phi) is 3.46. The predicted molar refractivity (Wildman–Crippen MR) is 78.4 cm³/mol. The van der Waals surface area contributed by atoms with Crippen LogP contribution in [-0.2, 0) is 6.54 Å². The number of aryl methyl sites for hydroxylation is 1. The molecule has 6 heteroatoms. The monoisotopic (exact) mass is 288 g/mol. The minimum Gasteiger partial charge on any atom is -0.326 e. The Morgan fingerprint density at radius 1 is 1.26 bits per heavy atom. The van der Waals surface area contributed by atoms with E-state index in [1.165, 1.54) is 11.8 Å². The van der Waals surface area contributed by atoms with Crippen LogP contribution in [0.15, 0.2) is 39.7 Å². The van der Waals surface area contributed by atoms with Crippen molar-refractivity contribution in [3.8, 4) is 0 Å². The van der Waals surface area contributed by atoms with Crippen molar-refractivity contribution in [2.75, 3.05) is 0 Å². The molecule has 0 aliphatic rings. The molecule has 0 fully saturated rings. The lowest BCUT2D eigenvalue weighted by atomic mass is 10.1. The molecular formula is C13H12N4S2. The van der Waals surface area contributed by atoms with Gasteiger partial charge in [0.1, 0.15) is 10.0 Å². The molecule has 3 aromatic rings. The van der Waals surface area contributed by atoms with Crippen LogP contribution in [-0.4, -0.2) is 15.2 Å². The molecule has 0 spiro atoms. The third-order valence-electron chi connectivity index (χ3n) is 2.67. The first-order valence-electron chi connectivity index (χ1n) is 5.83. The van der Waals surface area contributed by atoms with E-state index in [-0.39, 0.29) is 0 Å². The molecule has 0 bridgehead atoms. The molecule has 2 N–H and O–H groups in total. The Morgan fingerprint density at radius 2 is 2.11 bits per heavy atom. The number of pyridine rings is 1. The van der Waals surface area contributed by atoms with Crippen molar-refractivity contribution in [2.45, 2.75) is 22.8 Å². The summed E-state index contributed by atoms with van der Waals surface area (Å²) in [7, 11) is 0. The largest absolute Gasteiger partial charge is 0.326 e. The van der Waals surface area contributed by atoms with Gasteiger partial charge in [-0.2, -0.15) is 0 Å². The molecule has 0 unspecified atom stereocenters. The van der Waals surface area contributed by atoms with E-state index in [0.717, 1.165) is 30.8 Å². The lowest BCUT2D eigenvalue weighted by Gasteiger charge is -2.06. The van der Waals surface area contributed by atoms with Gasteiger partial charge in [0.15, 0.2) is 4.34 Å². The highest BCUT2D eigenvalue weighted by Crippen LogP contribution is 2.32. The van der Waals surface area contributed by atoms with Crippen molar-refractivity contribution in [2.24, 2.45) is 5.73 Å². The number of para-hydroxylation sites is 1. The third-order valence-corrected chi connectivity index (χ3v) is 4.61. The van der Waals surface area contributed by atoms with Crippen LogP contribution in [0.5, 0.6) is 0 Å². The van der Waals surface area contributed by atoms with Crippen LogP contribution >= 0.6 is 23.1 Å². The van der Waals surface area contributed by atoms with E-state index in [1.807, 2.05) is 31.2 Å². The summed E-state index contributed by atoms with van der Waals surface area (Å²) in [6, 6.07) is 10.1. The quantitative estimate of drug-likeness (QED) is 0.802. The normalized spacial score (nSPS) is 11.1. The highest BCUT2D eigenvalue weighted by atomic mass is 32.2. The highest BCUT2D eigenvalue weighted by molar-refractivity contribution is 8.01. The summed E-state index contributed by atoms with van der Waals surface area (Å²) in [6.07, 6.45) is 0. The van der Waals surface area contributed by atoms with Gasteiger partial charge in [0.25, 0.3) is 0 Å². The van der Waals surface area contributed by atoms with Gasteiger partial charge in [-0.05, 0) is 36.4 Å². The van der Waals surface area contributed by atoms with Gasteiger partial charge in [0.2, 0.25) is 0 Å². The molecule has 0 radical (unpaired) electrons. The van der Waals surface area contributed by atoms with E-state index in [1.54, 1.807) is 11.3 Å². The zero-order valence-corrected chi connectivity index (χ0v) is 12.0. The van der Waals surface area contributed by atoms with Crippen LogP contribution in [0.3, 0.4) is 0 Å². The van der Waals surface area contributed by atoms with Gasteiger partial charge in [0, 0.05) is 11.9 Å². The molecule has 0 amide bonds. The Morgan fingerprint density at radius 3 is 2.84 bits per heavy atom. The van der Waals surface area contributed by atoms with E-state index >= 15 is 0 Å². The van der Waals surface area contributed by atoms with Crippen LogP contribution in [0.25, 0.3) is 10.9 Å². The molecule has 96 valence electrons. The number of rotatable bonds is 3. The SMILES string of the molecule is Cc1nnc(Sc2nc3ccccc3cc2CN)s1. The lowest BCUT2D eigenvalue weighted by molar-refractivity contribution is 0.963. The van der Waals surface area contributed by atoms with Gasteiger partial charge in [-0.3, -0.25) is 0 Å². The summed E-state index contributed by atoms with van der Waals surface area (Å²) in [6.45, 7) is 2.41. The second-order valence-corrected chi connectivity index (χ2v) is 6.46. The summed E-state index contributed by atoms with van der Waals surface area (Å²) in [5.74, 6) is 0. The second-order valence-electron chi connectivity index (χ2n) is 4.04. The van der Waals surface area contributed by atoms with E-state index in [9.17, 15) is 0 Å². The maximum atomic E-state index is 5.81. The Balaban J connectivity index is 2.05. The molecule has 3 rings (SSSR count). The van der Waals surface area contributed by atoms with Crippen LogP contribution in [0.4, 0.5) is 0 Å². The zero-order valence-electron chi connectivity index (χ0n) is 10.3. The van der Waals surface area contributed by atoms with E-state index in [4.69, 9.17) is 5.73 Å². The number of hydrogen-bond donors (Lipinski definition) is 1. The van der Waals surface area contributed by atoms with Gasteiger partial charge in [-0.25, -0.2) is 4.98 Å². The summed E-state index contributed by atoms with van der Waals surface area (Å²) in [4.78, 5) is 4.67. The fourth-order valence-electron chi connectivity index (χ4n) is 1.78. The minimum absolute atomic E-state index is 0.470. The average Bonchev–Trinajstić information content (AvgIpc) is 2.83. The average molecular weight is 288 g/mol. The number of fused-ring (bicyclic) bond motifs is 1. The first kappa shape index (κ1) is 12.5. The van der Waals surface area contributed by atoms with Crippen LogP contribution in [0.2, 0.25) is 0 Å². The van der Waals surface area contributed by atoms with Crippen molar-refractivity contribution in [3.05, 3.63) is 40.9 Å². The Hall–Kier alpha value is -1.50. The van der Waals surface area contributed by atoms with Gasteiger partial charge in [0.05, 0.1) is 5.52 Å². The molecule has 4 nitrogen and oxygen atoms in total. The first-order chi connectivity index (χ1) is 9.26. The topological polar surface area (TPSA) is 64.7 Å². The number of nitrogens with two attached hydrogens (primary N) is 1. The standard InChI is InChI=1S/C13H12N4S2/c1-8-16-17-13(18-8)19-12-10(7-14)6-9-4-2-3-5-11(9)15-12/h2-6H,7,14H2,1H3. The van der Waals surface area contributed by atoms with Crippen molar-refractivity contribution in [1.29, 1.82) is 0 Å². The molecule has 19 heavy (non-hydrogen) atoms. The zero-order chi connectivity index (χ0) is 13.2. The van der Waals surface area contributed by atoms with Crippen molar-refractivity contribution >= 4 is 34.0 Å². The molecular weight excluding hydrogens is 276 g/mol. The summed E-state index contributed by atoms with van der Waals surface area (Å²) >= 11 is 3.10. The van der Waals surface area contributed by atoms with Gasteiger partial charge >= 0.3 is 0 Å². The molecule has 2 aromatic heterocycles. The lowest BCUT2D eigenvalue weighted by Crippen LogP contribution is -2.00. The predicted octanol–water partition coefficient (Wildman–Crippen LogP) is 3.00. The maximum absolute atomic E-state index is 5.81. The van der Waals surface area contributed by atoms with Crippen LogP contribution < -0.4 is 5.73 Å². The van der Waals surface area contributed by atoms with E-state index in [2.05, 4.69) is 21.2 Å². The molecule has 0 saturated carbocycles. The van der Waals surface area contributed by atoms with Crippen LogP contribution in [0, 0.1) is 6.92 Å². The summed E-state index contributed by atoms with van der Waals surface area (Å²) in [5, 5.41) is 11.1. The van der Waals surface area contributed by atoms with E-state index in [0.29, 0.717) is 6.54 Å². The molecule has 0 aliphatic carbocycles. The fourth-order valence-corrected chi connectivity index (χ4v) is 3.62. The molecule has 0 aliphatic heterocycles. The Labute approximate surface area is 119 Å². The van der Waals surface area contributed by atoms with Crippen molar-refractivity contribution in [1.82, 2.24) is 15.2 Å². The van der Waals surface area contributed by atoms with Gasteiger partial charge in [-0.15, -0.1) is 10.2 Å². The third kappa shape index (κ3) is 2.60. The van der Waals surface area contributed by atoms with Crippen LogP contribution in [0.1, 0.15) is 10.6 Å². The summed E-state index contributed by atoms with van der Waals surface area (Å²) < 4.78 is 0.898. The second kappa shape index (κ2) is 5.24. The number of hydrogen-bond acceptors (Lipinski definition) is 6. The van der Waals surface area contributed by atoms with Crippen molar-refractivity contribution < 1.29 is 0 Å². The molecule has 1 aromatic carbocycles.